The van der Waals surface area contributed by atoms with Crippen LogP contribution in [0.25, 0.3) is 0 Å². The molecule has 2 amide bonds. The van der Waals surface area contributed by atoms with Crippen molar-refractivity contribution in [1.29, 1.82) is 0 Å². The fourth-order valence-electron chi connectivity index (χ4n) is 2.41. The molecule has 128 valence electrons. The summed E-state index contributed by atoms with van der Waals surface area (Å²) in [4.78, 5) is 25.5. The fraction of sp³-hybridized carbons (Fsp3) is 0.333. The van der Waals surface area contributed by atoms with Gasteiger partial charge in [-0.1, -0.05) is 12.1 Å². The minimum Gasteiger partial charge on any atom is -0.467 e. The maximum absolute atomic E-state index is 12.1. The molecule has 0 spiro atoms. The van der Waals surface area contributed by atoms with Crippen molar-refractivity contribution in [2.24, 2.45) is 0 Å². The van der Waals surface area contributed by atoms with Crippen LogP contribution in [0, 0.1) is 0 Å². The fourth-order valence-corrected chi connectivity index (χ4v) is 2.41. The van der Waals surface area contributed by atoms with Crippen LogP contribution in [0.3, 0.4) is 0 Å². The summed E-state index contributed by atoms with van der Waals surface area (Å²) in [6.45, 7) is 2.78. The minimum atomic E-state index is -0.160. The Kier molecular flexibility index (Phi) is 6.14. The predicted molar refractivity (Wildman–Crippen MR) is 91.4 cm³/mol. The molecule has 0 unspecified atom stereocenters. The lowest BCUT2D eigenvalue weighted by molar-refractivity contribution is -0.122. The van der Waals surface area contributed by atoms with Gasteiger partial charge in [0.25, 0.3) is 5.91 Å². The second-order valence-corrected chi connectivity index (χ2v) is 5.75. The molecule has 0 radical (unpaired) electrons. The number of carbonyl (C=O) groups is 2. The number of carbonyl (C=O) groups excluding carboxylic acids is 2. The molecule has 0 aliphatic carbocycles. The van der Waals surface area contributed by atoms with Crippen LogP contribution in [0.4, 0.5) is 0 Å². The second-order valence-electron chi connectivity index (χ2n) is 5.75. The summed E-state index contributed by atoms with van der Waals surface area (Å²) < 4.78 is 5.28. The third kappa shape index (κ3) is 4.96. The van der Waals surface area contributed by atoms with Gasteiger partial charge in [0, 0.05) is 19.2 Å². The van der Waals surface area contributed by atoms with Crippen LogP contribution in [-0.2, 0) is 11.3 Å². The maximum atomic E-state index is 12.1. The van der Waals surface area contributed by atoms with E-state index in [0.717, 1.165) is 11.3 Å². The average Bonchev–Trinajstić information content (AvgIpc) is 3.09. The highest BCUT2D eigenvalue weighted by Crippen LogP contribution is 2.12. The molecule has 0 fully saturated rings. The van der Waals surface area contributed by atoms with E-state index in [2.05, 4.69) is 10.6 Å². The molecular weight excluding hydrogens is 306 g/mol. The zero-order valence-corrected chi connectivity index (χ0v) is 14.2. The van der Waals surface area contributed by atoms with Crippen LogP contribution in [0.2, 0.25) is 0 Å². The third-order valence-corrected chi connectivity index (χ3v) is 3.66. The van der Waals surface area contributed by atoms with E-state index in [4.69, 9.17) is 4.42 Å². The Hall–Kier alpha value is -2.60. The van der Waals surface area contributed by atoms with Gasteiger partial charge in [0.05, 0.1) is 18.8 Å². The van der Waals surface area contributed by atoms with E-state index >= 15 is 0 Å². The van der Waals surface area contributed by atoms with Gasteiger partial charge in [0.2, 0.25) is 5.91 Å². The summed E-state index contributed by atoms with van der Waals surface area (Å²) in [6.07, 6.45) is 1.59. The van der Waals surface area contributed by atoms with Crippen LogP contribution in [0.15, 0.2) is 47.1 Å². The number of benzene rings is 1. The molecule has 0 aliphatic rings. The number of rotatable bonds is 7. The molecule has 0 bridgehead atoms. The predicted octanol–water partition coefficient (Wildman–Crippen LogP) is 1.95. The molecule has 24 heavy (non-hydrogen) atoms. The number of amides is 2. The van der Waals surface area contributed by atoms with Crippen molar-refractivity contribution in [1.82, 2.24) is 15.5 Å². The van der Waals surface area contributed by atoms with E-state index < -0.39 is 0 Å². The Morgan fingerprint density at radius 1 is 1.21 bits per heavy atom. The van der Waals surface area contributed by atoms with Gasteiger partial charge >= 0.3 is 0 Å². The molecule has 2 N–H and O–H groups in total. The molecule has 0 saturated heterocycles. The van der Waals surface area contributed by atoms with Crippen molar-refractivity contribution in [2.75, 3.05) is 20.6 Å². The molecule has 1 aromatic carbocycles. The van der Waals surface area contributed by atoms with E-state index in [1.54, 1.807) is 31.5 Å². The van der Waals surface area contributed by atoms with Gasteiger partial charge in [-0.15, -0.1) is 0 Å². The lowest BCUT2D eigenvalue weighted by Gasteiger charge is -2.18. The van der Waals surface area contributed by atoms with E-state index in [0.29, 0.717) is 12.1 Å². The normalized spacial score (nSPS) is 12.0. The highest BCUT2D eigenvalue weighted by molar-refractivity contribution is 5.93. The van der Waals surface area contributed by atoms with Gasteiger partial charge in [0.1, 0.15) is 5.76 Å². The summed E-state index contributed by atoms with van der Waals surface area (Å²) in [5.74, 6) is 0.556. The van der Waals surface area contributed by atoms with Gasteiger partial charge in [-0.2, -0.15) is 0 Å². The van der Waals surface area contributed by atoms with Crippen molar-refractivity contribution < 1.29 is 14.0 Å². The lowest BCUT2D eigenvalue weighted by atomic mass is 10.1. The van der Waals surface area contributed by atoms with Crippen LogP contribution < -0.4 is 10.6 Å². The molecule has 2 aromatic rings. The smallest absolute Gasteiger partial charge is 0.251 e. The summed E-state index contributed by atoms with van der Waals surface area (Å²) in [6, 6.07) is 10.8. The first-order valence-electron chi connectivity index (χ1n) is 7.82. The molecular formula is C18H23N3O3. The van der Waals surface area contributed by atoms with E-state index in [9.17, 15) is 9.59 Å². The molecule has 1 atom stereocenters. The average molecular weight is 329 g/mol. The molecule has 0 aliphatic heterocycles. The Labute approximate surface area is 141 Å². The lowest BCUT2D eigenvalue weighted by Crippen LogP contribution is -2.36. The third-order valence-electron chi connectivity index (χ3n) is 3.66. The molecule has 6 nitrogen and oxygen atoms in total. The van der Waals surface area contributed by atoms with Gasteiger partial charge in [-0.05, 0) is 43.8 Å². The SMILES string of the molecule is CNC(=O)c1ccc(CN(C)CC(=O)N[C@H](C)c2ccco2)cc1. The van der Waals surface area contributed by atoms with E-state index in [1.807, 2.05) is 37.1 Å². The topological polar surface area (TPSA) is 74.6 Å². The zero-order valence-electron chi connectivity index (χ0n) is 14.2. The first kappa shape index (κ1) is 17.7. The molecule has 2 rings (SSSR count). The molecule has 1 aromatic heterocycles. The molecule has 1 heterocycles. The van der Waals surface area contributed by atoms with Crippen LogP contribution in [-0.4, -0.2) is 37.4 Å². The highest BCUT2D eigenvalue weighted by Gasteiger charge is 2.13. The number of furan rings is 1. The number of hydrogen-bond acceptors (Lipinski definition) is 4. The molecule has 0 saturated carbocycles. The monoisotopic (exact) mass is 329 g/mol. The van der Waals surface area contributed by atoms with Gasteiger partial charge in [-0.3, -0.25) is 14.5 Å². The Morgan fingerprint density at radius 2 is 1.92 bits per heavy atom. The van der Waals surface area contributed by atoms with Crippen molar-refractivity contribution in [3.63, 3.8) is 0 Å². The van der Waals surface area contributed by atoms with E-state index in [-0.39, 0.29) is 24.4 Å². The van der Waals surface area contributed by atoms with Crippen LogP contribution in [0.1, 0.15) is 34.6 Å². The highest BCUT2D eigenvalue weighted by atomic mass is 16.3. The summed E-state index contributed by atoms with van der Waals surface area (Å²) in [5.41, 5.74) is 1.66. The van der Waals surface area contributed by atoms with E-state index in [1.165, 1.54) is 0 Å². The minimum absolute atomic E-state index is 0.0663. The largest absolute Gasteiger partial charge is 0.467 e. The first-order chi connectivity index (χ1) is 11.5. The van der Waals surface area contributed by atoms with Crippen molar-refractivity contribution >= 4 is 11.8 Å². The van der Waals surface area contributed by atoms with Gasteiger partial charge in [-0.25, -0.2) is 0 Å². The summed E-state index contributed by atoms with van der Waals surface area (Å²) >= 11 is 0. The first-order valence-corrected chi connectivity index (χ1v) is 7.82. The Bertz CT molecular complexity index is 665. The zero-order chi connectivity index (χ0) is 17.5. The van der Waals surface area contributed by atoms with Gasteiger partial charge < -0.3 is 15.1 Å². The van der Waals surface area contributed by atoms with Crippen molar-refractivity contribution in [2.45, 2.75) is 19.5 Å². The number of nitrogens with one attached hydrogen (secondary N) is 2. The standard InChI is InChI=1S/C18H23N3O3/c1-13(16-5-4-10-24-16)20-17(22)12-21(3)11-14-6-8-15(9-7-14)18(23)19-2/h4-10,13H,11-12H2,1-3H3,(H,19,23)(H,20,22)/t13-/m1/s1. The number of likely N-dealkylation sites (N-methyl/N-ethyl adjacent to an activating group) is 1. The molecule has 6 heteroatoms. The summed E-state index contributed by atoms with van der Waals surface area (Å²) in [7, 11) is 3.48. The Morgan fingerprint density at radius 3 is 2.50 bits per heavy atom. The summed E-state index contributed by atoms with van der Waals surface area (Å²) in [5, 5.41) is 5.49. The Balaban J connectivity index is 1.82. The van der Waals surface area contributed by atoms with Crippen molar-refractivity contribution in [3.05, 3.63) is 59.5 Å². The van der Waals surface area contributed by atoms with Crippen molar-refractivity contribution in [3.8, 4) is 0 Å². The van der Waals surface area contributed by atoms with Crippen LogP contribution in [0.5, 0.6) is 0 Å². The maximum Gasteiger partial charge on any atom is 0.251 e. The van der Waals surface area contributed by atoms with Crippen LogP contribution >= 0.6 is 0 Å². The quantitative estimate of drug-likeness (QED) is 0.814. The second kappa shape index (κ2) is 8.31. The van der Waals surface area contributed by atoms with Gasteiger partial charge in [0.15, 0.2) is 0 Å². The number of hydrogen-bond donors (Lipinski definition) is 2. The number of nitrogens with zero attached hydrogens (tertiary/aromatic N) is 1.